The first kappa shape index (κ1) is 7.59. The Morgan fingerprint density at radius 2 is 2.25 bits per heavy atom. The van der Waals surface area contributed by atoms with Crippen molar-refractivity contribution in [1.29, 1.82) is 5.41 Å². The van der Waals surface area contributed by atoms with Crippen LogP contribution in [0.15, 0.2) is 0 Å². The molecule has 1 N–H and O–H groups in total. The molecule has 0 rings (SSSR count). The Bertz CT molecular complexity index is 56.4. The minimum absolute atomic E-state index is 0.392. The summed E-state index contributed by atoms with van der Waals surface area (Å²) in [5, 5.41) is 6.55. The van der Waals surface area contributed by atoms with Gasteiger partial charge in [-0.15, -0.1) is 0 Å². The molecule has 0 atom stereocenters. The number of nitrogens with one attached hydrogen (secondary N) is 1. The fourth-order valence-electron chi connectivity index (χ4n) is 0.285. The van der Waals surface area contributed by atoms with E-state index in [-0.39, 0.29) is 0 Å². The summed E-state index contributed by atoms with van der Waals surface area (Å²) in [4.78, 5) is 0. The van der Waals surface area contributed by atoms with Crippen molar-refractivity contribution in [3.05, 3.63) is 0 Å². The second-order valence-corrected chi connectivity index (χ2v) is 1.27. The van der Waals surface area contributed by atoms with Gasteiger partial charge in [-0.3, -0.25) is 0 Å². The number of hydrogen-bond donors (Lipinski definition) is 1. The number of methoxy groups -OCH3 is 1. The summed E-state index contributed by atoms with van der Waals surface area (Å²) in [6.45, 7) is 1.57. The molecule has 0 unspecified atom stereocenters. The van der Waals surface area contributed by atoms with E-state index in [4.69, 9.17) is 10.1 Å². The van der Waals surface area contributed by atoms with Crippen LogP contribution in [-0.4, -0.2) is 33.1 Å². The summed E-state index contributed by atoms with van der Waals surface area (Å²) in [6, 6.07) is 0. The lowest BCUT2D eigenvalue weighted by Crippen LogP contribution is -2.02. The molecular weight excluding hydrogens is 106 g/mol. The van der Waals surface area contributed by atoms with E-state index in [2.05, 4.69) is 4.74 Å². The highest BCUT2D eigenvalue weighted by molar-refractivity contribution is 5.53. The minimum Gasteiger partial charge on any atom is -0.382 e. The van der Waals surface area contributed by atoms with Crippen molar-refractivity contribution in [1.82, 2.24) is 0 Å². The molecule has 3 nitrogen and oxygen atoms in total. The molecule has 48 valence electrons. The Kier molecular flexibility index (Phi) is 6.25. The summed E-state index contributed by atoms with van der Waals surface area (Å²) >= 11 is 0. The average molecular weight is 117 g/mol. The second kappa shape index (κ2) is 6.59. The third-order valence-corrected chi connectivity index (χ3v) is 0.633. The average Bonchev–Trinajstić information content (AvgIpc) is 1.81. The van der Waals surface area contributed by atoms with Gasteiger partial charge in [-0.25, -0.2) is 0 Å². The van der Waals surface area contributed by atoms with Crippen molar-refractivity contribution in [3.8, 4) is 0 Å². The fraction of sp³-hybridized carbons (Fsp3) is 0.800. The van der Waals surface area contributed by atoms with E-state index in [0.29, 0.717) is 19.8 Å². The molecule has 0 amide bonds. The maximum absolute atomic E-state index is 6.55. The Morgan fingerprint density at radius 3 is 2.75 bits per heavy atom. The highest BCUT2D eigenvalue weighted by Gasteiger charge is 1.80. The molecule has 0 fully saturated rings. The Labute approximate surface area is 49.1 Å². The molecule has 0 aliphatic heterocycles. The Morgan fingerprint density at radius 1 is 1.50 bits per heavy atom. The van der Waals surface area contributed by atoms with Crippen LogP contribution in [0.2, 0.25) is 0 Å². The van der Waals surface area contributed by atoms with Crippen LogP contribution in [-0.2, 0) is 9.47 Å². The molecule has 0 saturated carbocycles. The molecule has 0 bridgehead atoms. The lowest BCUT2D eigenvalue weighted by Gasteiger charge is -1.96. The summed E-state index contributed by atoms with van der Waals surface area (Å²) in [7, 11) is 1.62. The lowest BCUT2D eigenvalue weighted by atomic mass is 10.7. The Hall–Kier alpha value is -0.410. The first-order chi connectivity index (χ1) is 3.91. The molecule has 0 aromatic carbocycles. The Balaban J connectivity index is 2.62. The van der Waals surface area contributed by atoms with Gasteiger partial charge >= 0.3 is 0 Å². The smallest absolute Gasteiger partial charge is 0.0812 e. The zero-order valence-electron chi connectivity index (χ0n) is 5.02. The van der Waals surface area contributed by atoms with Crippen molar-refractivity contribution in [2.24, 2.45) is 0 Å². The standard InChI is InChI=1S/C5H11NO2/c1-7-4-5-8-3-2-6/h2,6H,3-5H2,1H3. The van der Waals surface area contributed by atoms with Gasteiger partial charge in [0.15, 0.2) is 0 Å². The monoisotopic (exact) mass is 117 g/mol. The van der Waals surface area contributed by atoms with E-state index < -0.39 is 0 Å². The quantitative estimate of drug-likeness (QED) is 0.415. The van der Waals surface area contributed by atoms with Gasteiger partial charge in [0.05, 0.1) is 19.8 Å². The van der Waals surface area contributed by atoms with Crippen molar-refractivity contribution in [3.63, 3.8) is 0 Å². The largest absolute Gasteiger partial charge is 0.382 e. The van der Waals surface area contributed by atoms with Crippen LogP contribution in [0.3, 0.4) is 0 Å². The van der Waals surface area contributed by atoms with Gasteiger partial charge in [-0.05, 0) is 0 Å². The minimum atomic E-state index is 0.392. The van der Waals surface area contributed by atoms with E-state index in [9.17, 15) is 0 Å². The predicted molar refractivity (Wildman–Crippen MR) is 31.5 cm³/mol. The van der Waals surface area contributed by atoms with Crippen molar-refractivity contribution >= 4 is 6.21 Å². The first-order valence-corrected chi connectivity index (χ1v) is 2.47. The van der Waals surface area contributed by atoms with Crippen LogP contribution < -0.4 is 0 Å². The third-order valence-electron chi connectivity index (χ3n) is 0.633. The number of hydrogen-bond acceptors (Lipinski definition) is 3. The van der Waals surface area contributed by atoms with Gasteiger partial charge in [0, 0.05) is 13.3 Å². The zero-order valence-corrected chi connectivity index (χ0v) is 5.02. The van der Waals surface area contributed by atoms with Gasteiger partial charge in [0.1, 0.15) is 0 Å². The van der Waals surface area contributed by atoms with Crippen LogP contribution >= 0.6 is 0 Å². The van der Waals surface area contributed by atoms with Crippen LogP contribution in [0.1, 0.15) is 0 Å². The molecule has 0 saturated heterocycles. The molecular formula is C5H11NO2. The highest BCUT2D eigenvalue weighted by Crippen LogP contribution is 1.71. The molecule has 0 aliphatic rings. The second-order valence-electron chi connectivity index (χ2n) is 1.27. The predicted octanol–water partition coefficient (Wildman–Crippen LogP) is 0.299. The summed E-state index contributed by atoms with van der Waals surface area (Å²) in [5.41, 5.74) is 0. The summed E-state index contributed by atoms with van der Waals surface area (Å²) in [5.74, 6) is 0. The molecule has 0 aromatic rings. The summed E-state index contributed by atoms with van der Waals surface area (Å²) < 4.78 is 9.54. The molecule has 0 radical (unpaired) electrons. The van der Waals surface area contributed by atoms with E-state index in [0.717, 1.165) is 0 Å². The van der Waals surface area contributed by atoms with Gasteiger partial charge in [0.25, 0.3) is 0 Å². The van der Waals surface area contributed by atoms with Gasteiger partial charge < -0.3 is 14.9 Å². The third kappa shape index (κ3) is 5.59. The molecule has 8 heavy (non-hydrogen) atoms. The van der Waals surface area contributed by atoms with E-state index in [1.807, 2.05) is 0 Å². The molecule has 0 aliphatic carbocycles. The summed E-state index contributed by atoms with van der Waals surface area (Å²) in [6.07, 6.45) is 1.22. The normalized spacial score (nSPS) is 9.12. The van der Waals surface area contributed by atoms with Gasteiger partial charge in [-0.2, -0.15) is 0 Å². The molecule has 0 aromatic heterocycles. The molecule has 3 heteroatoms. The topological polar surface area (TPSA) is 42.3 Å². The van der Waals surface area contributed by atoms with Crippen molar-refractivity contribution < 1.29 is 9.47 Å². The van der Waals surface area contributed by atoms with Gasteiger partial charge in [0.2, 0.25) is 0 Å². The number of ether oxygens (including phenoxy) is 2. The maximum Gasteiger partial charge on any atom is 0.0812 e. The van der Waals surface area contributed by atoms with Crippen molar-refractivity contribution in [2.45, 2.75) is 0 Å². The fourth-order valence-corrected chi connectivity index (χ4v) is 0.285. The van der Waals surface area contributed by atoms with Crippen LogP contribution in [0.4, 0.5) is 0 Å². The van der Waals surface area contributed by atoms with Crippen LogP contribution in [0.25, 0.3) is 0 Å². The van der Waals surface area contributed by atoms with E-state index in [1.54, 1.807) is 7.11 Å². The SMILES string of the molecule is COCCOCC=N. The maximum atomic E-state index is 6.55. The molecule has 0 spiro atoms. The number of rotatable bonds is 5. The lowest BCUT2D eigenvalue weighted by molar-refractivity contribution is 0.0910. The van der Waals surface area contributed by atoms with Crippen LogP contribution in [0, 0.1) is 5.41 Å². The molecule has 0 heterocycles. The van der Waals surface area contributed by atoms with Crippen LogP contribution in [0.5, 0.6) is 0 Å². The highest BCUT2D eigenvalue weighted by atomic mass is 16.5. The van der Waals surface area contributed by atoms with E-state index >= 15 is 0 Å². The van der Waals surface area contributed by atoms with Crippen molar-refractivity contribution in [2.75, 3.05) is 26.9 Å². The van der Waals surface area contributed by atoms with E-state index in [1.165, 1.54) is 6.21 Å². The first-order valence-electron chi connectivity index (χ1n) is 2.47. The zero-order chi connectivity index (χ0) is 6.24. The van der Waals surface area contributed by atoms with Gasteiger partial charge in [-0.1, -0.05) is 0 Å².